The SMILES string of the molecule is FC1NN(F)C(C(F)(F)C(F)(F)F)C1c1ccccc1. The van der Waals surface area contributed by atoms with Crippen molar-refractivity contribution in [3.63, 3.8) is 0 Å². The van der Waals surface area contributed by atoms with Gasteiger partial charge >= 0.3 is 12.1 Å². The van der Waals surface area contributed by atoms with Gasteiger partial charge in [0.25, 0.3) is 0 Å². The largest absolute Gasteiger partial charge is 0.455 e. The zero-order valence-electron chi connectivity index (χ0n) is 9.71. The molecule has 0 radical (unpaired) electrons. The average Bonchev–Trinajstić information content (AvgIpc) is 2.64. The van der Waals surface area contributed by atoms with Crippen molar-refractivity contribution in [2.45, 2.75) is 30.4 Å². The first-order valence-corrected chi connectivity index (χ1v) is 5.51. The van der Waals surface area contributed by atoms with Gasteiger partial charge in [-0.15, -0.1) is 4.48 Å². The molecule has 0 amide bonds. The molecule has 20 heavy (non-hydrogen) atoms. The van der Waals surface area contributed by atoms with Crippen molar-refractivity contribution in [2.75, 3.05) is 0 Å². The molecule has 1 aromatic carbocycles. The molecule has 0 aromatic heterocycles. The van der Waals surface area contributed by atoms with Crippen LogP contribution in [0.2, 0.25) is 0 Å². The van der Waals surface area contributed by atoms with Crippen molar-refractivity contribution in [3.05, 3.63) is 35.9 Å². The van der Waals surface area contributed by atoms with Crippen molar-refractivity contribution in [2.24, 2.45) is 0 Å². The fraction of sp³-hybridized carbons (Fsp3) is 0.455. The number of nitrogens with one attached hydrogen (secondary N) is 1. The van der Waals surface area contributed by atoms with Crippen LogP contribution < -0.4 is 5.43 Å². The number of alkyl halides is 6. The van der Waals surface area contributed by atoms with Crippen molar-refractivity contribution in [3.8, 4) is 0 Å². The van der Waals surface area contributed by atoms with Gasteiger partial charge < -0.3 is 0 Å². The van der Waals surface area contributed by atoms with Crippen LogP contribution in [0.25, 0.3) is 0 Å². The Morgan fingerprint density at radius 3 is 2.05 bits per heavy atom. The van der Waals surface area contributed by atoms with Crippen molar-refractivity contribution in [1.82, 2.24) is 10.7 Å². The Labute approximate surface area is 109 Å². The maximum atomic E-state index is 13.6. The van der Waals surface area contributed by atoms with Crippen LogP contribution in [0.4, 0.5) is 30.8 Å². The van der Waals surface area contributed by atoms with Crippen LogP contribution in [0.15, 0.2) is 30.3 Å². The smallest absolute Gasteiger partial charge is 0.228 e. The van der Waals surface area contributed by atoms with Crippen LogP contribution in [0, 0.1) is 0 Å². The van der Waals surface area contributed by atoms with Crippen molar-refractivity contribution in [1.29, 1.82) is 0 Å². The Balaban J connectivity index is 2.44. The Morgan fingerprint density at radius 1 is 1.00 bits per heavy atom. The van der Waals surface area contributed by atoms with Gasteiger partial charge in [-0.25, -0.2) is 4.39 Å². The number of hydrogen-bond donors (Lipinski definition) is 1. The molecule has 3 unspecified atom stereocenters. The van der Waals surface area contributed by atoms with E-state index in [1.807, 2.05) is 0 Å². The first kappa shape index (κ1) is 15.0. The molecule has 2 nitrogen and oxygen atoms in total. The molecule has 1 aliphatic rings. The quantitative estimate of drug-likeness (QED) is 0.512. The molecule has 1 aromatic rings. The summed E-state index contributed by atoms with van der Waals surface area (Å²) >= 11 is 0. The molecule has 0 saturated carbocycles. The summed E-state index contributed by atoms with van der Waals surface area (Å²) in [6.07, 6.45) is -8.37. The van der Waals surface area contributed by atoms with Crippen LogP contribution in [0.3, 0.4) is 0 Å². The highest BCUT2D eigenvalue weighted by Gasteiger charge is 2.69. The first-order valence-electron chi connectivity index (χ1n) is 5.51. The Morgan fingerprint density at radius 2 is 1.55 bits per heavy atom. The third-order valence-electron chi connectivity index (χ3n) is 3.08. The molecule has 0 spiro atoms. The third-order valence-corrected chi connectivity index (χ3v) is 3.08. The molecule has 0 aliphatic carbocycles. The normalized spacial score (nSPS) is 28.9. The van der Waals surface area contributed by atoms with Gasteiger partial charge in [0.05, 0.1) is 5.92 Å². The first-order chi connectivity index (χ1) is 9.16. The minimum absolute atomic E-state index is 0.151. The van der Waals surface area contributed by atoms with Gasteiger partial charge in [0, 0.05) is 0 Å². The molecule has 1 fully saturated rings. The minimum Gasteiger partial charge on any atom is -0.228 e. The summed E-state index contributed by atoms with van der Waals surface area (Å²) in [5.41, 5.74) is 1.16. The lowest BCUT2D eigenvalue weighted by Crippen LogP contribution is -2.53. The maximum Gasteiger partial charge on any atom is 0.455 e. The fourth-order valence-corrected chi connectivity index (χ4v) is 2.14. The molecule has 1 heterocycles. The van der Waals surface area contributed by atoms with E-state index in [4.69, 9.17) is 0 Å². The summed E-state index contributed by atoms with van der Waals surface area (Å²) in [5, 5.41) is -1.00. The number of benzene rings is 1. The summed E-state index contributed by atoms with van der Waals surface area (Å²) in [5.74, 6) is -7.39. The highest BCUT2D eigenvalue weighted by Crippen LogP contribution is 2.48. The zero-order chi connectivity index (χ0) is 15.1. The molecule has 9 heteroatoms. The van der Waals surface area contributed by atoms with Crippen LogP contribution >= 0.6 is 0 Å². The zero-order valence-corrected chi connectivity index (χ0v) is 9.71. The maximum absolute atomic E-state index is 13.6. The van der Waals surface area contributed by atoms with Gasteiger partial charge in [-0.1, -0.05) is 35.6 Å². The highest BCUT2D eigenvalue weighted by atomic mass is 19.4. The summed E-state index contributed by atoms with van der Waals surface area (Å²) in [7, 11) is 0. The van der Waals surface area contributed by atoms with E-state index in [2.05, 4.69) is 0 Å². The molecular formula is C11H9F7N2. The average molecular weight is 302 g/mol. The van der Waals surface area contributed by atoms with Gasteiger partial charge in [0.15, 0.2) is 6.30 Å². The molecular weight excluding hydrogens is 293 g/mol. The van der Waals surface area contributed by atoms with E-state index < -0.39 is 35.6 Å². The van der Waals surface area contributed by atoms with Crippen molar-refractivity contribution < 1.29 is 30.8 Å². The number of hydrazine groups is 1. The van der Waals surface area contributed by atoms with Crippen LogP contribution in [0.1, 0.15) is 11.5 Å². The molecule has 112 valence electrons. The Bertz CT molecular complexity index is 462. The second-order valence-electron chi connectivity index (χ2n) is 4.34. The van der Waals surface area contributed by atoms with E-state index in [0.29, 0.717) is 0 Å². The fourth-order valence-electron chi connectivity index (χ4n) is 2.14. The van der Waals surface area contributed by atoms with Gasteiger partial charge in [0.2, 0.25) is 0 Å². The van der Waals surface area contributed by atoms with Gasteiger partial charge in [0.1, 0.15) is 6.04 Å². The summed E-state index contributed by atoms with van der Waals surface area (Å²) in [6, 6.07) is 3.47. The van der Waals surface area contributed by atoms with Gasteiger partial charge in [-0.05, 0) is 5.56 Å². The standard InChI is InChI=1S/C11H9F7N2/c12-9-7(6-4-2-1-3-5-6)8(20(18)19-9)10(13,14)11(15,16)17/h1-5,7-9,19H. The monoisotopic (exact) mass is 302 g/mol. The van der Waals surface area contributed by atoms with E-state index >= 15 is 0 Å². The highest BCUT2D eigenvalue weighted by molar-refractivity contribution is 5.25. The number of halogens is 7. The minimum atomic E-state index is -5.99. The lowest BCUT2D eigenvalue weighted by Gasteiger charge is -2.30. The topological polar surface area (TPSA) is 15.3 Å². The molecule has 1 saturated heterocycles. The van der Waals surface area contributed by atoms with Gasteiger partial charge in [-0.3, -0.25) is 0 Å². The Kier molecular flexibility index (Phi) is 3.67. The van der Waals surface area contributed by atoms with E-state index in [1.54, 1.807) is 0 Å². The van der Waals surface area contributed by atoms with Crippen LogP contribution in [0.5, 0.6) is 0 Å². The van der Waals surface area contributed by atoms with Crippen LogP contribution in [-0.4, -0.2) is 29.7 Å². The lowest BCUT2D eigenvalue weighted by atomic mass is 9.88. The Hall–Kier alpha value is -1.35. The van der Waals surface area contributed by atoms with E-state index in [0.717, 1.165) is 12.1 Å². The lowest BCUT2D eigenvalue weighted by molar-refractivity contribution is -0.316. The summed E-state index contributed by atoms with van der Waals surface area (Å²) in [6.45, 7) is 0. The van der Waals surface area contributed by atoms with Crippen molar-refractivity contribution >= 4 is 0 Å². The van der Waals surface area contributed by atoms with Crippen LogP contribution in [-0.2, 0) is 0 Å². The molecule has 2 rings (SSSR count). The number of hydrogen-bond acceptors (Lipinski definition) is 2. The third kappa shape index (κ3) is 2.35. The van der Waals surface area contributed by atoms with E-state index in [9.17, 15) is 30.8 Å². The second kappa shape index (κ2) is 4.88. The molecule has 1 N–H and O–H groups in total. The predicted molar refractivity (Wildman–Crippen MR) is 55.0 cm³/mol. The number of nitrogens with zero attached hydrogens (tertiary/aromatic N) is 1. The molecule has 0 bridgehead atoms. The van der Waals surface area contributed by atoms with E-state index in [-0.39, 0.29) is 5.56 Å². The van der Waals surface area contributed by atoms with Gasteiger partial charge in [-0.2, -0.15) is 27.4 Å². The summed E-state index contributed by atoms with van der Waals surface area (Å²) in [4.78, 5) is 0. The molecule has 3 atom stereocenters. The summed E-state index contributed by atoms with van der Waals surface area (Å²) < 4.78 is 90.8. The predicted octanol–water partition coefficient (Wildman–Crippen LogP) is 3.34. The molecule has 1 aliphatic heterocycles. The van der Waals surface area contributed by atoms with E-state index in [1.165, 1.54) is 23.6 Å². The number of rotatable bonds is 2. The second-order valence-corrected chi connectivity index (χ2v) is 4.34.